The van der Waals surface area contributed by atoms with Crippen LogP contribution in [0.5, 0.6) is 0 Å². The van der Waals surface area contributed by atoms with Gasteiger partial charge in [-0.3, -0.25) is 14.5 Å². The molecule has 1 aliphatic heterocycles. The van der Waals surface area contributed by atoms with E-state index in [9.17, 15) is 27.2 Å². The summed E-state index contributed by atoms with van der Waals surface area (Å²) in [5.41, 5.74) is -3.38. The number of carbonyl (C=O) groups excluding carboxylic acids is 2. The van der Waals surface area contributed by atoms with Gasteiger partial charge in [-0.2, -0.15) is 18.4 Å². The van der Waals surface area contributed by atoms with Crippen LogP contribution in [0.1, 0.15) is 30.7 Å². The fraction of sp³-hybridized carbons (Fsp3) is 0.250. The van der Waals surface area contributed by atoms with Gasteiger partial charge in [-0.25, -0.2) is 9.37 Å². The average molecular weight is 465 g/mol. The van der Waals surface area contributed by atoms with E-state index in [0.717, 1.165) is 17.2 Å². The molecule has 2 amide bonds. The molecule has 0 bridgehead atoms. The maximum atomic E-state index is 14.5. The van der Waals surface area contributed by atoms with E-state index in [1.807, 2.05) is 0 Å². The van der Waals surface area contributed by atoms with Gasteiger partial charge in [0.05, 0.1) is 17.4 Å². The summed E-state index contributed by atoms with van der Waals surface area (Å²) in [6.07, 6.45) is -3.50. The van der Waals surface area contributed by atoms with Crippen LogP contribution in [0, 0.1) is 17.1 Å². The molecule has 1 aliphatic rings. The highest BCUT2D eigenvalue weighted by Gasteiger charge is 2.51. The van der Waals surface area contributed by atoms with Crippen LogP contribution in [0.2, 0.25) is 0 Å². The first-order valence-electron chi connectivity index (χ1n) is 9.05. The van der Waals surface area contributed by atoms with E-state index in [-0.39, 0.29) is 28.6 Å². The van der Waals surface area contributed by atoms with Crippen molar-refractivity contribution in [1.82, 2.24) is 10.3 Å². The Morgan fingerprint density at radius 1 is 1.28 bits per heavy atom. The predicted molar refractivity (Wildman–Crippen MR) is 110 cm³/mol. The Morgan fingerprint density at radius 2 is 1.97 bits per heavy atom. The van der Waals surface area contributed by atoms with Crippen molar-refractivity contribution >= 4 is 41.0 Å². The summed E-state index contributed by atoms with van der Waals surface area (Å²) in [5, 5.41) is 11.1. The second-order valence-corrected chi connectivity index (χ2v) is 7.66. The molecule has 0 spiro atoms. The predicted octanol–water partition coefficient (Wildman–Crippen LogP) is 3.27. The van der Waals surface area contributed by atoms with Crippen molar-refractivity contribution in [1.29, 1.82) is 5.26 Å². The van der Waals surface area contributed by atoms with Crippen molar-refractivity contribution in [3.8, 4) is 6.07 Å². The Hall–Kier alpha value is -3.59. The molecule has 0 saturated carbocycles. The van der Waals surface area contributed by atoms with E-state index in [0.29, 0.717) is 12.5 Å². The number of thiocarbonyl (C=S) groups is 1. The number of anilines is 2. The zero-order chi connectivity index (χ0) is 23.8. The summed E-state index contributed by atoms with van der Waals surface area (Å²) < 4.78 is 54.6. The average Bonchev–Trinajstić information content (AvgIpc) is 2.90. The molecule has 0 radical (unpaired) electrons. The van der Waals surface area contributed by atoms with Crippen LogP contribution in [-0.2, 0) is 22.3 Å². The second kappa shape index (κ2) is 8.16. The first-order chi connectivity index (χ1) is 14.9. The normalized spacial score (nSPS) is 15.7. The third-order valence-corrected chi connectivity index (χ3v) is 5.25. The Balaban J connectivity index is 2.06. The zero-order valence-electron chi connectivity index (χ0n) is 16.7. The Kier molecular flexibility index (Phi) is 5.88. The Labute approximate surface area is 185 Å². The molecule has 1 aromatic heterocycles. The second-order valence-electron chi connectivity index (χ2n) is 7.29. The van der Waals surface area contributed by atoms with Crippen LogP contribution in [0.15, 0.2) is 30.5 Å². The number of halogens is 4. The van der Waals surface area contributed by atoms with Crippen molar-refractivity contribution in [3.63, 3.8) is 0 Å². The molecule has 0 unspecified atom stereocenters. The van der Waals surface area contributed by atoms with Gasteiger partial charge >= 0.3 is 6.18 Å². The number of aromatic nitrogens is 1. The van der Waals surface area contributed by atoms with Crippen molar-refractivity contribution < 1.29 is 27.2 Å². The molecular weight excluding hydrogens is 450 g/mol. The molecule has 1 aromatic carbocycles. The minimum Gasteiger partial charge on any atom is -0.354 e. The van der Waals surface area contributed by atoms with Gasteiger partial charge < -0.3 is 10.2 Å². The molecule has 2 aromatic rings. The number of hydrogen-bond donors (Lipinski definition) is 1. The van der Waals surface area contributed by atoms with Crippen LogP contribution in [0.25, 0.3) is 0 Å². The maximum Gasteiger partial charge on any atom is 0.419 e. The van der Waals surface area contributed by atoms with Crippen LogP contribution in [0.3, 0.4) is 0 Å². The Morgan fingerprint density at radius 3 is 2.53 bits per heavy atom. The third-order valence-electron chi connectivity index (χ3n) is 4.88. The summed E-state index contributed by atoms with van der Waals surface area (Å²) in [6, 6.07) is 6.00. The number of pyridine rings is 1. The molecule has 0 aliphatic carbocycles. The molecule has 166 valence electrons. The molecule has 1 N–H and O–H groups in total. The molecule has 3 rings (SSSR count). The van der Waals surface area contributed by atoms with Crippen LogP contribution in [-0.4, -0.2) is 28.0 Å². The van der Waals surface area contributed by atoms with Crippen LogP contribution < -0.4 is 15.1 Å². The van der Waals surface area contributed by atoms with Gasteiger partial charge in [0.2, 0.25) is 6.41 Å². The summed E-state index contributed by atoms with van der Waals surface area (Å²) in [6.45, 7) is 2.93. The molecule has 32 heavy (non-hydrogen) atoms. The lowest BCUT2D eigenvalue weighted by Crippen LogP contribution is -2.44. The van der Waals surface area contributed by atoms with E-state index in [4.69, 9.17) is 17.5 Å². The monoisotopic (exact) mass is 465 g/mol. The summed E-state index contributed by atoms with van der Waals surface area (Å²) in [4.78, 5) is 29.3. The standard InChI is InChI=1S/C20H15F4N5O2S/c1-19(2)17(31)28(13-5-14(20(22,23)24)16(7-25)27-9-13)18(32)29(19)12-4-3-11(8-26-10-30)15(21)6-12/h3-6,9-10H,8H2,1-2H3,(H,26,30). The zero-order valence-corrected chi connectivity index (χ0v) is 17.5. The molecule has 1 fully saturated rings. The Bertz CT molecular complexity index is 1160. The highest BCUT2D eigenvalue weighted by Crippen LogP contribution is 2.39. The molecule has 12 heteroatoms. The first-order valence-corrected chi connectivity index (χ1v) is 9.46. The van der Waals surface area contributed by atoms with E-state index < -0.39 is 34.7 Å². The number of hydrogen-bond acceptors (Lipinski definition) is 5. The first kappa shape index (κ1) is 23.1. The van der Waals surface area contributed by atoms with Crippen molar-refractivity contribution in [3.05, 3.63) is 53.1 Å². The van der Waals surface area contributed by atoms with Gasteiger partial charge in [-0.05, 0) is 44.3 Å². The lowest BCUT2D eigenvalue weighted by Gasteiger charge is -2.29. The molecule has 0 atom stereocenters. The van der Waals surface area contributed by atoms with Crippen molar-refractivity contribution in [2.45, 2.75) is 32.1 Å². The van der Waals surface area contributed by atoms with Crippen molar-refractivity contribution in [2.24, 2.45) is 0 Å². The van der Waals surface area contributed by atoms with Crippen LogP contribution >= 0.6 is 12.2 Å². The number of nitriles is 1. The third kappa shape index (κ3) is 3.87. The van der Waals surface area contributed by atoms with Crippen LogP contribution in [0.4, 0.5) is 28.9 Å². The van der Waals surface area contributed by atoms with Gasteiger partial charge in [-0.1, -0.05) is 6.07 Å². The SMILES string of the molecule is CC1(C)C(=O)N(c2cnc(C#N)c(C(F)(F)F)c2)C(=S)N1c1ccc(CNC=O)c(F)c1. The molecular formula is C20H15F4N5O2S. The highest BCUT2D eigenvalue weighted by atomic mass is 32.1. The molecule has 7 nitrogen and oxygen atoms in total. The maximum absolute atomic E-state index is 14.5. The number of carbonyl (C=O) groups is 2. The fourth-order valence-corrected chi connectivity index (χ4v) is 3.83. The minimum atomic E-state index is -4.87. The van der Waals surface area contributed by atoms with E-state index in [1.54, 1.807) is 0 Å². The van der Waals surface area contributed by atoms with Gasteiger partial charge in [0.15, 0.2) is 10.8 Å². The van der Waals surface area contributed by atoms with Gasteiger partial charge in [0.25, 0.3) is 5.91 Å². The summed E-state index contributed by atoms with van der Waals surface area (Å²) in [7, 11) is 0. The lowest BCUT2D eigenvalue weighted by atomic mass is 10.0. The molecule has 2 heterocycles. The summed E-state index contributed by atoms with van der Waals surface area (Å²) in [5.74, 6) is -1.32. The smallest absolute Gasteiger partial charge is 0.354 e. The van der Waals surface area contributed by atoms with E-state index in [1.165, 1.54) is 36.9 Å². The quantitative estimate of drug-likeness (QED) is 0.414. The number of nitrogens with one attached hydrogen (secondary N) is 1. The summed E-state index contributed by atoms with van der Waals surface area (Å²) >= 11 is 5.37. The van der Waals surface area contributed by atoms with Gasteiger partial charge in [-0.15, -0.1) is 0 Å². The molecule has 1 saturated heterocycles. The van der Waals surface area contributed by atoms with E-state index >= 15 is 0 Å². The van der Waals surface area contributed by atoms with Gasteiger partial charge in [0, 0.05) is 17.8 Å². The lowest BCUT2D eigenvalue weighted by molar-refractivity contribution is -0.138. The van der Waals surface area contributed by atoms with E-state index in [2.05, 4.69) is 10.3 Å². The van der Waals surface area contributed by atoms with Gasteiger partial charge in [0.1, 0.15) is 17.4 Å². The largest absolute Gasteiger partial charge is 0.419 e. The highest BCUT2D eigenvalue weighted by molar-refractivity contribution is 7.81. The number of amides is 2. The minimum absolute atomic E-state index is 0.0500. The topological polar surface area (TPSA) is 89.3 Å². The number of rotatable bonds is 5. The number of alkyl halides is 3. The van der Waals surface area contributed by atoms with Crippen molar-refractivity contribution in [2.75, 3.05) is 9.80 Å². The fourth-order valence-electron chi connectivity index (χ4n) is 3.31. The number of nitrogens with zero attached hydrogens (tertiary/aromatic N) is 4. The number of benzene rings is 1.